The first kappa shape index (κ1) is 18.0. The van der Waals surface area contributed by atoms with E-state index in [1.54, 1.807) is 0 Å². The SMILES string of the molecule is CC[C@H]1CN(Cc2nnc(Cc3ccccc3)o2)CCN1C[C@H](C)O. The van der Waals surface area contributed by atoms with Gasteiger partial charge in [0.15, 0.2) is 0 Å². The van der Waals surface area contributed by atoms with Gasteiger partial charge < -0.3 is 9.52 Å². The first-order valence-corrected chi connectivity index (χ1v) is 9.13. The topological polar surface area (TPSA) is 65.6 Å². The lowest BCUT2D eigenvalue weighted by molar-refractivity contribution is 0.0308. The second kappa shape index (κ2) is 8.56. The molecular weight excluding hydrogens is 316 g/mol. The zero-order chi connectivity index (χ0) is 17.6. The number of aromatic nitrogens is 2. The van der Waals surface area contributed by atoms with E-state index in [-0.39, 0.29) is 6.10 Å². The lowest BCUT2D eigenvalue weighted by Crippen LogP contribution is -2.54. The van der Waals surface area contributed by atoms with Crippen LogP contribution in [0.4, 0.5) is 0 Å². The number of β-amino-alcohol motifs (C(OH)–C–C–N with tert-alkyl or cyclic N) is 1. The first-order chi connectivity index (χ1) is 12.1. The van der Waals surface area contributed by atoms with Gasteiger partial charge in [0.2, 0.25) is 11.8 Å². The maximum Gasteiger partial charge on any atom is 0.230 e. The molecule has 25 heavy (non-hydrogen) atoms. The number of aliphatic hydroxyl groups is 1. The molecule has 0 saturated carbocycles. The highest BCUT2D eigenvalue weighted by Crippen LogP contribution is 2.16. The van der Waals surface area contributed by atoms with E-state index in [0.717, 1.165) is 32.6 Å². The molecule has 0 aliphatic carbocycles. The van der Waals surface area contributed by atoms with Crippen molar-refractivity contribution in [2.75, 3.05) is 26.2 Å². The van der Waals surface area contributed by atoms with E-state index in [4.69, 9.17) is 4.42 Å². The van der Waals surface area contributed by atoms with Crippen molar-refractivity contribution in [3.63, 3.8) is 0 Å². The van der Waals surface area contributed by atoms with Gasteiger partial charge in [0, 0.05) is 32.2 Å². The minimum absolute atomic E-state index is 0.280. The molecule has 0 unspecified atom stereocenters. The highest BCUT2D eigenvalue weighted by molar-refractivity contribution is 5.17. The van der Waals surface area contributed by atoms with Crippen LogP contribution in [0.5, 0.6) is 0 Å². The molecule has 2 atom stereocenters. The van der Waals surface area contributed by atoms with Crippen LogP contribution in [0.1, 0.15) is 37.6 Å². The standard InChI is InChI=1S/C19H28N4O2/c1-3-17-13-22(9-10-23(17)12-15(2)24)14-19-21-20-18(25-19)11-16-7-5-4-6-8-16/h4-8,15,17,24H,3,9-14H2,1-2H3/t15-,17-/m0/s1. The van der Waals surface area contributed by atoms with E-state index >= 15 is 0 Å². The Bertz CT molecular complexity index is 644. The van der Waals surface area contributed by atoms with Crippen LogP contribution in [-0.4, -0.2) is 63.4 Å². The van der Waals surface area contributed by atoms with Crippen LogP contribution in [0.15, 0.2) is 34.7 Å². The number of rotatable bonds is 7. The van der Waals surface area contributed by atoms with Crippen molar-refractivity contribution in [3.05, 3.63) is 47.7 Å². The quantitative estimate of drug-likeness (QED) is 0.828. The summed E-state index contributed by atoms with van der Waals surface area (Å²) in [6, 6.07) is 10.6. The predicted octanol–water partition coefficient (Wildman–Crippen LogP) is 1.94. The van der Waals surface area contributed by atoms with Crippen molar-refractivity contribution in [1.29, 1.82) is 0 Å². The largest absolute Gasteiger partial charge is 0.424 e. The highest BCUT2D eigenvalue weighted by atomic mass is 16.4. The average molecular weight is 344 g/mol. The molecule has 0 radical (unpaired) electrons. The third-order valence-corrected chi connectivity index (χ3v) is 4.72. The molecule has 136 valence electrons. The lowest BCUT2D eigenvalue weighted by atomic mass is 10.1. The molecule has 1 aromatic heterocycles. The van der Waals surface area contributed by atoms with Crippen LogP contribution in [0.25, 0.3) is 0 Å². The number of benzene rings is 1. The van der Waals surface area contributed by atoms with Gasteiger partial charge in [-0.2, -0.15) is 0 Å². The Labute approximate surface area is 149 Å². The minimum Gasteiger partial charge on any atom is -0.424 e. The number of nitrogens with zero attached hydrogens (tertiary/aromatic N) is 4. The molecule has 2 heterocycles. The summed E-state index contributed by atoms with van der Waals surface area (Å²) < 4.78 is 5.83. The molecule has 1 aliphatic rings. The Morgan fingerprint density at radius 3 is 2.68 bits per heavy atom. The molecule has 0 bridgehead atoms. The van der Waals surface area contributed by atoms with Gasteiger partial charge >= 0.3 is 0 Å². The third kappa shape index (κ3) is 5.11. The summed E-state index contributed by atoms with van der Waals surface area (Å²) >= 11 is 0. The molecular formula is C19H28N4O2. The van der Waals surface area contributed by atoms with Crippen molar-refractivity contribution in [2.24, 2.45) is 0 Å². The van der Waals surface area contributed by atoms with Crippen LogP contribution < -0.4 is 0 Å². The smallest absolute Gasteiger partial charge is 0.230 e. The van der Waals surface area contributed by atoms with Gasteiger partial charge in [-0.15, -0.1) is 10.2 Å². The Morgan fingerprint density at radius 2 is 1.96 bits per heavy atom. The van der Waals surface area contributed by atoms with Crippen molar-refractivity contribution in [2.45, 2.75) is 45.4 Å². The van der Waals surface area contributed by atoms with Crippen molar-refractivity contribution in [3.8, 4) is 0 Å². The molecule has 2 aromatic rings. The van der Waals surface area contributed by atoms with Crippen molar-refractivity contribution < 1.29 is 9.52 Å². The summed E-state index contributed by atoms with van der Waals surface area (Å²) in [7, 11) is 0. The normalized spacial score (nSPS) is 20.7. The van der Waals surface area contributed by atoms with E-state index in [0.29, 0.717) is 30.8 Å². The first-order valence-electron chi connectivity index (χ1n) is 9.13. The molecule has 0 spiro atoms. The van der Waals surface area contributed by atoms with Crippen LogP contribution in [-0.2, 0) is 13.0 Å². The summed E-state index contributed by atoms with van der Waals surface area (Å²) in [4.78, 5) is 4.75. The lowest BCUT2D eigenvalue weighted by Gasteiger charge is -2.41. The summed E-state index contributed by atoms with van der Waals surface area (Å²) in [5, 5.41) is 18.1. The van der Waals surface area contributed by atoms with E-state index in [1.807, 2.05) is 25.1 Å². The van der Waals surface area contributed by atoms with Crippen LogP contribution in [0.2, 0.25) is 0 Å². The number of hydrogen-bond acceptors (Lipinski definition) is 6. The fraction of sp³-hybridized carbons (Fsp3) is 0.579. The zero-order valence-electron chi connectivity index (χ0n) is 15.1. The highest BCUT2D eigenvalue weighted by Gasteiger charge is 2.27. The Balaban J connectivity index is 1.54. The fourth-order valence-electron chi connectivity index (χ4n) is 3.45. The number of aliphatic hydroxyl groups excluding tert-OH is 1. The van der Waals surface area contributed by atoms with Gasteiger partial charge in [0.25, 0.3) is 0 Å². The van der Waals surface area contributed by atoms with Crippen LogP contribution >= 0.6 is 0 Å². The molecule has 1 aromatic carbocycles. The van der Waals surface area contributed by atoms with E-state index in [1.165, 1.54) is 5.56 Å². The molecule has 6 heteroatoms. The van der Waals surface area contributed by atoms with Crippen molar-refractivity contribution >= 4 is 0 Å². The fourth-order valence-corrected chi connectivity index (χ4v) is 3.45. The minimum atomic E-state index is -0.280. The second-order valence-corrected chi connectivity index (χ2v) is 6.89. The predicted molar refractivity (Wildman–Crippen MR) is 96.2 cm³/mol. The maximum absolute atomic E-state index is 9.65. The Hall–Kier alpha value is -1.76. The molecule has 0 amide bonds. The Morgan fingerprint density at radius 1 is 1.20 bits per heavy atom. The van der Waals surface area contributed by atoms with Gasteiger partial charge in [-0.25, -0.2) is 0 Å². The monoisotopic (exact) mass is 344 g/mol. The number of hydrogen-bond donors (Lipinski definition) is 1. The van der Waals surface area contributed by atoms with Gasteiger partial charge in [0.1, 0.15) is 0 Å². The van der Waals surface area contributed by atoms with E-state index in [2.05, 4.69) is 39.1 Å². The summed E-state index contributed by atoms with van der Waals surface area (Å²) in [5.74, 6) is 1.35. The molecule has 1 aliphatic heterocycles. The zero-order valence-corrected chi connectivity index (χ0v) is 15.1. The van der Waals surface area contributed by atoms with Gasteiger partial charge in [0.05, 0.1) is 19.1 Å². The molecule has 1 fully saturated rings. The third-order valence-electron chi connectivity index (χ3n) is 4.72. The Kier molecular flexibility index (Phi) is 6.18. The van der Waals surface area contributed by atoms with Gasteiger partial charge in [-0.3, -0.25) is 9.80 Å². The van der Waals surface area contributed by atoms with Crippen LogP contribution in [0, 0.1) is 0 Å². The molecule has 3 rings (SSSR count). The van der Waals surface area contributed by atoms with Crippen molar-refractivity contribution in [1.82, 2.24) is 20.0 Å². The molecule has 6 nitrogen and oxygen atoms in total. The number of piperazine rings is 1. The van der Waals surface area contributed by atoms with E-state index < -0.39 is 0 Å². The van der Waals surface area contributed by atoms with Gasteiger partial charge in [-0.05, 0) is 18.9 Å². The summed E-state index contributed by atoms with van der Waals surface area (Å²) in [6.07, 6.45) is 1.47. The maximum atomic E-state index is 9.65. The summed E-state index contributed by atoms with van der Waals surface area (Å²) in [6.45, 7) is 8.39. The summed E-state index contributed by atoms with van der Waals surface area (Å²) in [5.41, 5.74) is 1.18. The second-order valence-electron chi connectivity index (χ2n) is 6.89. The van der Waals surface area contributed by atoms with Gasteiger partial charge in [-0.1, -0.05) is 37.3 Å². The van der Waals surface area contributed by atoms with E-state index in [9.17, 15) is 5.11 Å². The van der Waals surface area contributed by atoms with Crippen LogP contribution in [0.3, 0.4) is 0 Å². The molecule has 1 N–H and O–H groups in total. The molecule has 1 saturated heterocycles. The average Bonchev–Trinajstić information content (AvgIpc) is 3.03.